The van der Waals surface area contributed by atoms with Crippen LogP contribution in [0.3, 0.4) is 0 Å². The number of anilines is 4. The standard InChI is InChI=1S/C19H16N6O2/c1-27-18(26)12-4-2-5-13(10-12)22-19-20-9-8-17(24-19)23-15-6-3-7-16-14(15)11-21-25-16/h2-11H,1H3,(H,21,25)(H2,20,22,23,24). The molecule has 8 nitrogen and oxygen atoms in total. The van der Waals surface area contributed by atoms with Crippen LogP contribution in [0.25, 0.3) is 10.9 Å². The van der Waals surface area contributed by atoms with E-state index in [-0.39, 0.29) is 0 Å². The minimum Gasteiger partial charge on any atom is -0.465 e. The van der Waals surface area contributed by atoms with Crippen LogP contribution in [0.15, 0.2) is 60.9 Å². The average Bonchev–Trinajstić information content (AvgIpc) is 3.18. The van der Waals surface area contributed by atoms with Crippen molar-refractivity contribution in [2.24, 2.45) is 0 Å². The van der Waals surface area contributed by atoms with Gasteiger partial charge >= 0.3 is 5.97 Å². The van der Waals surface area contributed by atoms with Crippen molar-refractivity contribution in [3.63, 3.8) is 0 Å². The molecule has 0 unspecified atom stereocenters. The smallest absolute Gasteiger partial charge is 0.337 e. The Kier molecular flexibility index (Phi) is 4.36. The number of fused-ring (bicyclic) bond motifs is 1. The van der Waals surface area contributed by atoms with Crippen molar-refractivity contribution in [3.8, 4) is 0 Å². The normalized spacial score (nSPS) is 10.6. The molecule has 0 spiro atoms. The van der Waals surface area contributed by atoms with E-state index in [9.17, 15) is 4.79 Å². The van der Waals surface area contributed by atoms with Gasteiger partial charge in [-0.2, -0.15) is 10.1 Å². The van der Waals surface area contributed by atoms with Crippen LogP contribution in [0.1, 0.15) is 10.4 Å². The number of nitrogens with zero attached hydrogens (tertiary/aromatic N) is 3. The fraction of sp³-hybridized carbons (Fsp3) is 0.0526. The summed E-state index contributed by atoms with van der Waals surface area (Å²) in [5.41, 5.74) is 2.96. The van der Waals surface area contributed by atoms with Crippen LogP contribution >= 0.6 is 0 Å². The van der Waals surface area contributed by atoms with Crippen LogP contribution < -0.4 is 10.6 Å². The minimum absolute atomic E-state index is 0.400. The highest BCUT2D eigenvalue weighted by molar-refractivity contribution is 5.92. The molecular weight excluding hydrogens is 344 g/mol. The lowest BCUT2D eigenvalue weighted by atomic mass is 10.2. The van der Waals surface area contributed by atoms with E-state index in [1.54, 1.807) is 36.7 Å². The number of hydrogen-bond donors (Lipinski definition) is 3. The first-order chi connectivity index (χ1) is 13.2. The highest BCUT2D eigenvalue weighted by Crippen LogP contribution is 2.24. The first-order valence-electron chi connectivity index (χ1n) is 8.20. The fourth-order valence-corrected chi connectivity index (χ4v) is 2.67. The molecule has 0 saturated carbocycles. The average molecular weight is 360 g/mol. The van der Waals surface area contributed by atoms with Gasteiger partial charge in [0.2, 0.25) is 5.95 Å². The van der Waals surface area contributed by atoms with Crippen molar-refractivity contribution in [2.45, 2.75) is 0 Å². The van der Waals surface area contributed by atoms with E-state index in [4.69, 9.17) is 4.74 Å². The molecule has 3 N–H and O–H groups in total. The van der Waals surface area contributed by atoms with E-state index >= 15 is 0 Å². The Morgan fingerprint density at radius 1 is 1.11 bits per heavy atom. The predicted molar refractivity (Wildman–Crippen MR) is 102 cm³/mol. The molecule has 0 aliphatic heterocycles. The molecule has 0 fully saturated rings. The Bertz CT molecular complexity index is 1110. The lowest BCUT2D eigenvalue weighted by molar-refractivity contribution is 0.0601. The summed E-state index contributed by atoms with van der Waals surface area (Å²) in [5, 5.41) is 14.3. The largest absolute Gasteiger partial charge is 0.465 e. The Balaban J connectivity index is 1.56. The van der Waals surface area contributed by atoms with Crippen molar-refractivity contribution < 1.29 is 9.53 Å². The second-order valence-corrected chi connectivity index (χ2v) is 5.72. The monoisotopic (exact) mass is 360 g/mol. The van der Waals surface area contributed by atoms with E-state index in [1.165, 1.54) is 7.11 Å². The Hall–Kier alpha value is -3.94. The molecule has 27 heavy (non-hydrogen) atoms. The topological polar surface area (TPSA) is 105 Å². The minimum atomic E-state index is -0.400. The summed E-state index contributed by atoms with van der Waals surface area (Å²) in [6, 6.07) is 14.6. The van der Waals surface area contributed by atoms with Gasteiger partial charge < -0.3 is 15.4 Å². The summed E-state index contributed by atoms with van der Waals surface area (Å²) in [6.07, 6.45) is 3.41. The number of ether oxygens (including phenoxy) is 1. The summed E-state index contributed by atoms with van der Waals surface area (Å²) in [7, 11) is 1.35. The summed E-state index contributed by atoms with van der Waals surface area (Å²) in [6.45, 7) is 0. The lowest BCUT2D eigenvalue weighted by Crippen LogP contribution is -2.03. The zero-order valence-electron chi connectivity index (χ0n) is 14.4. The summed E-state index contributed by atoms with van der Waals surface area (Å²) in [4.78, 5) is 20.4. The Morgan fingerprint density at radius 3 is 2.89 bits per heavy atom. The van der Waals surface area contributed by atoms with E-state index in [2.05, 4.69) is 30.8 Å². The third-order valence-corrected chi connectivity index (χ3v) is 3.94. The van der Waals surface area contributed by atoms with Gasteiger partial charge in [-0.25, -0.2) is 9.78 Å². The number of aromatic nitrogens is 4. The van der Waals surface area contributed by atoms with Gasteiger partial charge in [0.05, 0.1) is 30.1 Å². The van der Waals surface area contributed by atoms with Crippen LogP contribution in [0.5, 0.6) is 0 Å². The van der Waals surface area contributed by atoms with Gasteiger partial charge in [0.25, 0.3) is 0 Å². The van der Waals surface area contributed by atoms with Gasteiger partial charge in [-0.1, -0.05) is 12.1 Å². The Morgan fingerprint density at radius 2 is 2.00 bits per heavy atom. The number of methoxy groups -OCH3 is 1. The maximum absolute atomic E-state index is 11.7. The van der Waals surface area contributed by atoms with Crippen molar-refractivity contribution in [2.75, 3.05) is 17.7 Å². The number of H-pyrrole nitrogens is 1. The van der Waals surface area contributed by atoms with Crippen LogP contribution in [-0.2, 0) is 4.74 Å². The molecular formula is C19H16N6O2. The highest BCUT2D eigenvalue weighted by atomic mass is 16.5. The van der Waals surface area contributed by atoms with Crippen molar-refractivity contribution in [1.29, 1.82) is 0 Å². The molecule has 134 valence electrons. The van der Waals surface area contributed by atoms with E-state index in [1.807, 2.05) is 24.3 Å². The highest BCUT2D eigenvalue weighted by Gasteiger charge is 2.08. The molecule has 0 saturated heterocycles. The summed E-state index contributed by atoms with van der Waals surface area (Å²) in [5.74, 6) is 0.634. The number of rotatable bonds is 5. The van der Waals surface area contributed by atoms with Crippen molar-refractivity contribution in [3.05, 3.63) is 66.5 Å². The molecule has 8 heteroatoms. The zero-order valence-corrected chi connectivity index (χ0v) is 14.4. The van der Waals surface area contributed by atoms with Crippen molar-refractivity contribution in [1.82, 2.24) is 20.2 Å². The number of esters is 1. The molecule has 0 aliphatic rings. The van der Waals surface area contributed by atoms with Crippen LogP contribution in [0, 0.1) is 0 Å². The SMILES string of the molecule is COC(=O)c1cccc(Nc2nccc(Nc3cccc4[nH]ncc34)n2)c1. The molecule has 0 radical (unpaired) electrons. The van der Waals surface area contributed by atoms with Crippen LogP contribution in [0.4, 0.5) is 23.1 Å². The van der Waals surface area contributed by atoms with E-state index < -0.39 is 5.97 Å². The van der Waals surface area contributed by atoms with Crippen molar-refractivity contribution >= 4 is 40.0 Å². The maximum Gasteiger partial charge on any atom is 0.337 e. The third kappa shape index (κ3) is 3.54. The number of carbonyl (C=O) groups is 1. The maximum atomic E-state index is 11.7. The number of aromatic amines is 1. The molecule has 4 rings (SSSR count). The molecule has 0 aliphatic carbocycles. The van der Waals surface area contributed by atoms with Gasteiger partial charge in [-0.05, 0) is 36.4 Å². The quantitative estimate of drug-likeness (QED) is 0.467. The first-order valence-corrected chi connectivity index (χ1v) is 8.20. The third-order valence-electron chi connectivity index (χ3n) is 3.94. The number of benzene rings is 2. The van der Waals surface area contributed by atoms with Gasteiger partial charge in [0, 0.05) is 17.3 Å². The fourth-order valence-electron chi connectivity index (χ4n) is 2.67. The lowest BCUT2D eigenvalue weighted by Gasteiger charge is -2.09. The molecule has 0 amide bonds. The second kappa shape index (κ2) is 7.12. The molecule has 2 heterocycles. The number of carbonyl (C=O) groups excluding carboxylic acids is 1. The first kappa shape index (κ1) is 16.5. The second-order valence-electron chi connectivity index (χ2n) is 5.72. The molecule has 4 aromatic rings. The zero-order chi connectivity index (χ0) is 18.6. The van der Waals surface area contributed by atoms with Crippen LogP contribution in [0.2, 0.25) is 0 Å². The molecule has 0 bridgehead atoms. The van der Waals surface area contributed by atoms with E-state index in [0.717, 1.165) is 16.6 Å². The summed E-state index contributed by atoms with van der Waals surface area (Å²) < 4.78 is 4.74. The van der Waals surface area contributed by atoms with Gasteiger partial charge in [0.15, 0.2) is 0 Å². The Labute approximate surface area is 154 Å². The molecule has 0 atom stereocenters. The predicted octanol–water partition coefficient (Wildman–Crippen LogP) is 3.63. The molecule has 2 aromatic carbocycles. The van der Waals surface area contributed by atoms with Gasteiger partial charge in [-0.15, -0.1) is 0 Å². The van der Waals surface area contributed by atoms with E-state index in [0.29, 0.717) is 23.0 Å². The van der Waals surface area contributed by atoms with Crippen LogP contribution in [-0.4, -0.2) is 33.2 Å². The van der Waals surface area contributed by atoms with Gasteiger partial charge in [0.1, 0.15) is 5.82 Å². The number of hydrogen-bond acceptors (Lipinski definition) is 7. The number of nitrogens with one attached hydrogen (secondary N) is 3. The van der Waals surface area contributed by atoms with Gasteiger partial charge in [-0.3, -0.25) is 5.10 Å². The molecule has 2 aromatic heterocycles. The summed E-state index contributed by atoms with van der Waals surface area (Å²) >= 11 is 0.